The number of nitrogens with zero attached hydrogens (tertiary/aromatic N) is 2. The number of carbonyl (C=O) groups is 1. The summed E-state index contributed by atoms with van der Waals surface area (Å²) in [6.07, 6.45) is 3.36. The summed E-state index contributed by atoms with van der Waals surface area (Å²) in [5.74, 6) is 0.222. The van der Waals surface area contributed by atoms with Crippen molar-refractivity contribution in [1.82, 2.24) is 10.2 Å². The van der Waals surface area contributed by atoms with E-state index in [1.165, 1.54) is 0 Å². The lowest BCUT2D eigenvalue weighted by Gasteiger charge is -2.15. The summed E-state index contributed by atoms with van der Waals surface area (Å²) in [7, 11) is 0. The summed E-state index contributed by atoms with van der Waals surface area (Å²) in [4.78, 5) is 13.4. The molecule has 3 rings (SSSR count). The number of rotatable bonds is 2. The summed E-state index contributed by atoms with van der Waals surface area (Å²) in [6, 6.07) is 9.91. The van der Waals surface area contributed by atoms with E-state index in [1.54, 1.807) is 6.20 Å². The van der Waals surface area contributed by atoms with Crippen LogP contribution in [0.2, 0.25) is 0 Å². The van der Waals surface area contributed by atoms with Crippen molar-refractivity contribution in [2.45, 2.75) is 12.8 Å². The zero-order chi connectivity index (χ0) is 11.7. The maximum absolute atomic E-state index is 11.6. The van der Waals surface area contributed by atoms with Crippen molar-refractivity contribution >= 4 is 11.6 Å². The second-order valence-corrected chi connectivity index (χ2v) is 4.17. The van der Waals surface area contributed by atoms with Gasteiger partial charge in [-0.05, 0) is 30.2 Å². The van der Waals surface area contributed by atoms with E-state index in [4.69, 9.17) is 0 Å². The van der Waals surface area contributed by atoms with Gasteiger partial charge in [-0.2, -0.15) is 5.10 Å². The largest absolute Gasteiger partial charge is 0.312 e. The number of H-pyrrole nitrogens is 1. The monoisotopic (exact) mass is 227 g/mol. The highest BCUT2D eigenvalue weighted by molar-refractivity contribution is 5.95. The minimum absolute atomic E-state index is 0.222. The number of benzene rings is 1. The number of aromatic amines is 1. The normalized spacial score (nSPS) is 15.5. The Hall–Kier alpha value is -2.10. The third-order valence-corrected chi connectivity index (χ3v) is 3.06. The molecule has 0 atom stereocenters. The molecule has 1 aromatic carbocycles. The first-order valence-corrected chi connectivity index (χ1v) is 5.75. The molecule has 0 bridgehead atoms. The molecule has 1 saturated heterocycles. The maximum Gasteiger partial charge on any atom is 0.227 e. The summed E-state index contributed by atoms with van der Waals surface area (Å²) in [5, 5.41) is 6.84. The van der Waals surface area contributed by atoms with Gasteiger partial charge in [0.05, 0.1) is 5.69 Å². The third-order valence-electron chi connectivity index (χ3n) is 3.06. The number of hydrogen-bond acceptors (Lipinski definition) is 2. The molecular formula is C13H13N3O. The fraction of sp³-hybridized carbons (Fsp3) is 0.231. The summed E-state index contributed by atoms with van der Waals surface area (Å²) in [6.45, 7) is 0.836. The summed E-state index contributed by atoms with van der Waals surface area (Å²) < 4.78 is 0. The number of anilines is 1. The van der Waals surface area contributed by atoms with Crippen LogP contribution < -0.4 is 4.90 Å². The number of aromatic nitrogens is 2. The van der Waals surface area contributed by atoms with Gasteiger partial charge in [0.25, 0.3) is 0 Å². The first-order chi connectivity index (χ1) is 8.34. The lowest BCUT2D eigenvalue weighted by atomic mass is 10.1. The molecule has 0 aliphatic carbocycles. The number of hydrogen-bond donors (Lipinski definition) is 1. The Morgan fingerprint density at radius 2 is 2.00 bits per heavy atom. The van der Waals surface area contributed by atoms with Gasteiger partial charge in [-0.25, -0.2) is 0 Å². The van der Waals surface area contributed by atoms with Crippen molar-refractivity contribution in [3.8, 4) is 11.3 Å². The minimum atomic E-state index is 0.222. The highest BCUT2D eigenvalue weighted by atomic mass is 16.2. The second kappa shape index (κ2) is 4.05. The van der Waals surface area contributed by atoms with Crippen LogP contribution >= 0.6 is 0 Å². The molecule has 0 radical (unpaired) electrons. The first-order valence-electron chi connectivity index (χ1n) is 5.75. The fourth-order valence-electron chi connectivity index (χ4n) is 2.16. The molecule has 1 amide bonds. The van der Waals surface area contributed by atoms with Crippen LogP contribution in [0.3, 0.4) is 0 Å². The molecule has 1 aliphatic heterocycles. The van der Waals surface area contributed by atoms with E-state index in [0.717, 1.165) is 29.9 Å². The van der Waals surface area contributed by atoms with Crippen molar-refractivity contribution in [2.75, 3.05) is 11.4 Å². The predicted molar refractivity (Wildman–Crippen MR) is 65.6 cm³/mol. The molecule has 86 valence electrons. The van der Waals surface area contributed by atoms with Crippen molar-refractivity contribution in [3.63, 3.8) is 0 Å². The zero-order valence-corrected chi connectivity index (χ0v) is 9.39. The van der Waals surface area contributed by atoms with Crippen LogP contribution in [-0.2, 0) is 4.79 Å². The number of carbonyl (C=O) groups excluding carboxylic acids is 1. The van der Waals surface area contributed by atoms with E-state index in [-0.39, 0.29) is 5.91 Å². The lowest BCUT2D eigenvalue weighted by Crippen LogP contribution is -2.23. The van der Waals surface area contributed by atoms with E-state index in [9.17, 15) is 4.79 Å². The molecule has 1 N–H and O–H groups in total. The quantitative estimate of drug-likeness (QED) is 0.855. The molecule has 17 heavy (non-hydrogen) atoms. The standard InChI is InChI=1S/C13H13N3O/c17-13-2-1-9-16(13)11-5-3-10(4-6-11)12-7-8-14-15-12/h3-8H,1-2,9H2,(H,14,15). The van der Waals surface area contributed by atoms with Gasteiger partial charge in [-0.1, -0.05) is 12.1 Å². The average Bonchev–Trinajstić information content (AvgIpc) is 3.00. The molecule has 1 aromatic heterocycles. The van der Waals surface area contributed by atoms with E-state index in [0.29, 0.717) is 6.42 Å². The lowest BCUT2D eigenvalue weighted by molar-refractivity contribution is -0.117. The SMILES string of the molecule is O=C1CCCN1c1ccc(-c2ccn[nH]2)cc1. The molecule has 2 heterocycles. The van der Waals surface area contributed by atoms with E-state index in [1.807, 2.05) is 35.2 Å². The van der Waals surface area contributed by atoms with Crippen LogP contribution in [0.25, 0.3) is 11.3 Å². The van der Waals surface area contributed by atoms with Gasteiger partial charge in [0, 0.05) is 24.8 Å². The topological polar surface area (TPSA) is 49.0 Å². The molecule has 4 nitrogen and oxygen atoms in total. The Kier molecular flexibility index (Phi) is 2.40. The molecule has 0 unspecified atom stereocenters. The molecule has 2 aromatic rings. The van der Waals surface area contributed by atoms with Gasteiger partial charge >= 0.3 is 0 Å². The van der Waals surface area contributed by atoms with Gasteiger partial charge in [0.1, 0.15) is 0 Å². The van der Waals surface area contributed by atoms with Gasteiger partial charge in [0.15, 0.2) is 0 Å². The Labute approximate surface area is 99.3 Å². The van der Waals surface area contributed by atoms with E-state index in [2.05, 4.69) is 10.2 Å². The Balaban J connectivity index is 1.87. The molecule has 0 saturated carbocycles. The summed E-state index contributed by atoms with van der Waals surface area (Å²) in [5.41, 5.74) is 3.05. The van der Waals surface area contributed by atoms with Gasteiger partial charge in [-0.15, -0.1) is 0 Å². The van der Waals surface area contributed by atoms with Crippen molar-refractivity contribution < 1.29 is 4.79 Å². The van der Waals surface area contributed by atoms with Crippen LogP contribution in [-0.4, -0.2) is 22.6 Å². The third kappa shape index (κ3) is 1.82. The van der Waals surface area contributed by atoms with E-state index < -0.39 is 0 Å². The molecule has 1 aliphatic rings. The van der Waals surface area contributed by atoms with Crippen molar-refractivity contribution in [1.29, 1.82) is 0 Å². The van der Waals surface area contributed by atoms with Gasteiger partial charge in [0.2, 0.25) is 5.91 Å². The van der Waals surface area contributed by atoms with E-state index >= 15 is 0 Å². The number of amides is 1. The summed E-state index contributed by atoms with van der Waals surface area (Å²) >= 11 is 0. The van der Waals surface area contributed by atoms with Crippen LogP contribution in [0.4, 0.5) is 5.69 Å². The smallest absolute Gasteiger partial charge is 0.227 e. The maximum atomic E-state index is 11.6. The van der Waals surface area contributed by atoms with Gasteiger partial charge < -0.3 is 4.90 Å². The minimum Gasteiger partial charge on any atom is -0.312 e. The fourth-order valence-corrected chi connectivity index (χ4v) is 2.16. The average molecular weight is 227 g/mol. The molecule has 1 fully saturated rings. The van der Waals surface area contributed by atoms with Gasteiger partial charge in [-0.3, -0.25) is 9.89 Å². The number of nitrogens with one attached hydrogen (secondary N) is 1. The highest BCUT2D eigenvalue weighted by Gasteiger charge is 2.21. The molecule has 4 heteroatoms. The second-order valence-electron chi connectivity index (χ2n) is 4.17. The van der Waals surface area contributed by atoms with Crippen molar-refractivity contribution in [3.05, 3.63) is 36.5 Å². The molecular weight excluding hydrogens is 214 g/mol. The Morgan fingerprint density at radius 1 is 1.18 bits per heavy atom. The Morgan fingerprint density at radius 3 is 2.59 bits per heavy atom. The van der Waals surface area contributed by atoms with Crippen LogP contribution in [0, 0.1) is 0 Å². The predicted octanol–water partition coefficient (Wildman–Crippen LogP) is 2.20. The highest BCUT2D eigenvalue weighted by Crippen LogP contribution is 2.24. The van der Waals surface area contributed by atoms with Crippen molar-refractivity contribution in [2.24, 2.45) is 0 Å². The molecule has 0 spiro atoms. The Bertz CT molecular complexity index is 516. The zero-order valence-electron chi connectivity index (χ0n) is 9.39. The van der Waals surface area contributed by atoms with Crippen LogP contribution in [0.1, 0.15) is 12.8 Å². The van der Waals surface area contributed by atoms with Crippen LogP contribution in [0.15, 0.2) is 36.5 Å². The first kappa shape index (κ1) is 10.1. The van der Waals surface area contributed by atoms with Crippen LogP contribution in [0.5, 0.6) is 0 Å².